The molecule has 3 heterocycles. The maximum atomic E-state index is 12.8. The number of carbonyl (C=O) groups is 3. The zero-order valence-corrected chi connectivity index (χ0v) is 20.5. The molecule has 0 bridgehead atoms. The van der Waals surface area contributed by atoms with Crippen LogP contribution in [0.15, 0.2) is 51.2 Å². The summed E-state index contributed by atoms with van der Waals surface area (Å²) in [5, 5.41) is 9.14. The van der Waals surface area contributed by atoms with Crippen LogP contribution in [-0.2, 0) is 9.53 Å². The molecular weight excluding hydrogens is 470 g/mol. The Morgan fingerprint density at radius 2 is 1.94 bits per heavy atom. The summed E-state index contributed by atoms with van der Waals surface area (Å²) < 4.78 is 11.0. The minimum Gasteiger partial charge on any atom is -0.463 e. The molecule has 1 aromatic carbocycles. The number of hydrogen-bond donors (Lipinski definition) is 3. The van der Waals surface area contributed by atoms with E-state index in [9.17, 15) is 14.4 Å². The fourth-order valence-corrected chi connectivity index (χ4v) is 4.49. The van der Waals surface area contributed by atoms with Crippen molar-refractivity contribution in [3.63, 3.8) is 0 Å². The van der Waals surface area contributed by atoms with E-state index in [-0.39, 0.29) is 18.3 Å². The van der Waals surface area contributed by atoms with Gasteiger partial charge in [0.05, 0.1) is 23.6 Å². The van der Waals surface area contributed by atoms with E-state index in [2.05, 4.69) is 25.9 Å². The van der Waals surface area contributed by atoms with E-state index in [1.54, 1.807) is 38.1 Å². The Bertz CT molecular complexity index is 1340. The van der Waals surface area contributed by atoms with Gasteiger partial charge in [-0.1, -0.05) is 30.0 Å². The second-order valence-electron chi connectivity index (χ2n) is 7.86. The van der Waals surface area contributed by atoms with Gasteiger partial charge in [-0.2, -0.15) is 4.98 Å². The number of carbonyl (C=O) groups excluding carboxylic acids is 3. The zero-order chi connectivity index (χ0) is 25.1. The molecule has 182 valence electrons. The molecule has 0 radical (unpaired) electrons. The Balaban J connectivity index is 1.66. The Hall–Kier alpha value is -3.86. The first kappa shape index (κ1) is 24.3. The van der Waals surface area contributed by atoms with Crippen LogP contribution in [-0.4, -0.2) is 46.3 Å². The molecule has 35 heavy (non-hydrogen) atoms. The number of fused-ring (bicyclic) bond motifs is 1. The number of aryl methyl sites for hydroxylation is 2. The monoisotopic (exact) mass is 495 g/mol. The molecule has 4 rings (SSSR count). The molecule has 0 fully saturated rings. The van der Waals surface area contributed by atoms with Gasteiger partial charge in [0.2, 0.25) is 5.71 Å². The van der Waals surface area contributed by atoms with Crippen LogP contribution in [0.5, 0.6) is 0 Å². The van der Waals surface area contributed by atoms with Crippen molar-refractivity contribution in [2.45, 2.75) is 38.9 Å². The van der Waals surface area contributed by atoms with Gasteiger partial charge in [0, 0.05) is 22.6 Å². The lowest BCUT2D eigenvalue weighted by Gasteiger charge is -2.26. The van der Waals surface area contributed by atoms with Gasteiger partial charge in [-0.15, -0.1) is 0 Å². The van der Waals surface area contributed by atoms with Gasteiger partial charge >= 0.3 is 12.0 Å². The zero-order valence-electron chi connectivity index (χ0n) is 19.7. The lowest BCUT2D eigenvalue weighted by atomic mass is 10.1. The number of hydrogen-bond acceptors (Lipinski definition) is 8. The summed E-state index contributed by atoms with van der Waals surface area (Å²) in [5.74, 6) is 0.364. The van der Waals surface area contributed by atoms with Gasteiger partial charge in [0.25, 0.3) is 5.91 Å². The van der Waals surface area contributed by atoms with E-state index in [4.69, 9.17) is 9.15 Å². The molecule has 3 amide bonds. The first-order valence-corrected chi connectivity index (χ1v) is 12.0. The molecule has 0 aliphatic carbocycles. The van der Waals surface area contributed by atoms with Crippen molar-refractivity contribution >= 4 is 46.6 Å². The predicted octanol–water partition coefficient (Wildman–Crippen LogP) is 3.70. The van der Waals surface area contributed by atoms with E-state index >= 15 is 0 Å². The van der Waals surface area contributed by atoms with Crippen molar-refractivity contribution in [3.05, 3.63) is 58.5 Å². The minimum absolute atomic E-state index is 0.197. The summed E-state index contributed by atoms with van der Waals surface area (Å²) in [5.41, 5.74) is 2.40. The van der Waals surface area contributed by atoms with Crippen LogP contribution < -0.4 is 16.0 Å². The molecule has 3 aromatic rings. The summed E-state index contributed by atoms with van der Waals surface area (Å²) in [7, 11) is 0. The summed E-state index contributed by atoms with van der Waals surface area (Å²) in [6.07, 6.45) is 0. The SMILES string of the molecule is CCOC(=O)C1=C(CSc2nc(NC(=O)c3ccccc3)c3c(C)c(C)oc3n2)NC(=O)N[C@H]1C. The highest BCUT2D eigenvalue weighted by atomic mass is 32.2. The van der Waals surface area contributed by atoms with E-state index in [0.29, 0.717) is 44.7 Å². The fourth-order valence-electron chi connectivity index (χ4n) is 3.68. The lowest BCUT2D eigenvalue weighted by Crippen LogP contribution is -2.49. The molecule has 0 unspecified atom stereocenters. The molecule has 1 atom stereocenters. The molecule has 10 nitrogen and oxygen atoms in total. The van der Waals surface area contributed by atoms with E-state index in [1.165, 1.54) is 11.8 Å². The van der Waals surface area contributed by atoms with Crippen LogP contribution in [0.4, 0.5) is 10.6 Å². The van der Waals surface area contributed by atoms with Gasteiger partial charge in [-0.3, -0.25) is 4.79 Å². The lowest BCUT2D eigenvalue weighted by molar-refractivity contribution is -0.138. The number of nitrogens with one attached hydrogen (secondary N) is 3. The van der Waals surface area contributed by atoms with Crippen molar-refractivity contribution in [3.8, 4) is 0 Å². The van der Waals surface area contributed by atoms with Crippen molar-refractivity contribution in [2.75, 3.05) is 17.7 Å². The maximum absolute atomic E-state index is 12.8. The van der Waals surface area contributed by atoms with Crippen LogP contribution in [0.25, 0.3) is 11.1 Å². The number of anilines is 1. The Morgan fingerprint density at radius 3 is 2.66 bits per heavy atom. The molecule has 11 heteroatoms. The second kappa shape index (κ2) is 10.2. The normalized spacial score (nSPS) is 15.5. The van der Waals surface area contributed by atoms with Crippen LogP contribution in [0.2, 0.25) is 0 Å². The van der Waals surface area contributed by atoms with Gasteiger partial charge in [-0.25, -0.2) is 14.6 Å². The molecule has 0 saturated heterocycles. The standard InChI is InChI=1S/C24H25N5O5S/c1-5-33-22(31)18-13(3)25-23(32)26-16(18)11-35-24-28-19(17-12(2)14(4)34-21(17)29-24)27-20(30)15-9-7-6-8-10-15/h6-10,13H,5,11H2,1-4H3,(H2,25,26,32)(H,27,28,29,30)/t13-/m0/s1. The smallest absolute Gasteiger partial charge is 0.337 e. The maximum Gasteiger partial charge on any atom is 0.337 e. The quantitative estimate of drug-likeness (QED) is 0.256. The van der Waals surface area contributed by atoms with Crippen molar-refractivity contribution in [1.82, 2.24) is 20.6 Å². The fraction of sp³-hybridized carbons (Fsp3) is 0.292. The topological polar surface area (TPSA) is 135 Å². The third kappa shape index (κ3) is 5.14. The number of rotatable bonds is 7. The summed E-state index contributed by atoms with van der Waals surface area (Å²) in [4.78, 5) is 46.4. The third-order valence-electron chi connectivity index (χ3n) is 5.49. The first-order valence-electron chi connectivity index (χ1n) is 11.0. The largest absolute Gasteiger partial charge is 0.463 e. The number of urea groups is 1. The number of benzene rings is 1. The third-order valence-corrected chi connectivity index (χ3v) is 6.36. The first-order chi connectivity index (χ1) is 16.8. The van der Waals surface area contributed by atoms with Crippen molar-refractivity contribution in [1.29, 1.82) is 0 Å². The molecule has 3 N–H and O–H groups in total. The Labute approximate surface area is 205 Å². The second-order valence-corrected chi connectivity index (χ2v) is 8.80. The number of thioether (sulfide) groups is 1. The molecule has 1 aliphatic heterocycles. The average Bonchev–Trinajstić information content (AvgIpc) is 3.11. The van der Waals surface area contributed by atoms with Gasteiger partial charge in [0.1, 0.15) is 11.6 Å². The average molecular weight is 496 g/mol. The number of ether oxygens (including phenoxy) is 1. The summed E-state index contributed by atoms with van der Waals surface area (Å²) in [6.45, 7) is 7.33. The summed E-state index contributed by atoms with van der Waals surface area (Å²) in [6, 6.07) is 7.88. The van der Waals surface area contributed by atoms with E-state index in [0.717, 1.165) is 5.56 Å². The Morgan fingerprint density at radius 1 is 1.20 bits per heavy atom. The van der Waals surface area contributed by atoms with Crippen molar-refractivity contribution < 1.29 is 23.5 Å². The number of nitrogens with zero attached hydrogens (tertiary/aromatic N) is 2. The van der Waals surface area contributed by atoms with Gasteiger partial charge in [0.15, 0.2) is 5.16 Å². The highest BCUT2D eigenvalue weighted by molar-refractivity contribution is 7.99. The highest BCUT2D eigenvalue weighted by Crippen LogP contribution is 2.32. The van der Waals surface area contributed by atoms with Crippen LogP contribution in [0.3, 0.4) is 0 Å². The van der Waals surface area contributed by atoms with Crippen LogP contribution in [0.1, 0.15) is 35.5 Å². The van der Waals surface area contributed by atoms with Gasteiger partial charge in [-0.05, 0) is 39.8 Å². The number of furan rings is 1. The molecule has 0 spiro atoms. The Kier molecular flexibility index (Phi) is 7.06. The summed E-state index contributed by atoms with van der Waals surface area (Å²) >= 11 is 1.20. The van der Waals surface area contributed by atoms with Crippen molar-refractivity contribution in [2.24, 2.45) is 0 Å². The predicted molar refractivity (Wildman–Crippen MR) is 131 cm³/mol. The highest BCUT2D eigenvalue weighted by Gasteiger charge is 2.30. The van der Waals surface area contributed by atoms with E-state index in [1.807, 2.05) is 19.9 Å². The minimum atomic E-state index is -0.516. The molecular formula is C24H25N5O5S. The molecule has 0 saturated carbocycles. The van der Waals surface area contributed by atoms with Crippen LogP contribution in [0, 0.1) is 13.8 Å². The molecule has 2 aromatic heterocycles. The van der Waals surface area contributed by atoms with E-state index < -0.39 is 18.0 Å². The number of amides is 3. The number of esters is 1. The molecule has 1 aliphatic rings. The van der Waals surface area contributed by atoms with Gasteiger partial charge < -0.3 is 25.1 Å². The van der Waals surface area contributed by atoms with Crippen LogP contribution >= 0.6 is 11.8 Å². The number of aromatic nitrogens is 2.